The van der Waals surface area contributed by atoms with E-state index in [1.807, 2.05) is 0 Å². The molecule has 27 heavy (non-hydrogen) atoms. The molecular weight excluding hydrogens is 402 g/mol. The van der Waals surface area contributed by atoms with Gasteiger partial charge in [-0.2, -0.15) is 31.6 Å². The Labute approximate surface area is 149 Å². The van der Waals surface area contributed by atoms with Crippen molar-refractivity contribution in [1.29, 1.82) is 5.26 Å². The molecule has 1 aromatic carbocycles. The molecule has 1 aliphatic heterocycles. The number of halogens is 6. The molecule has 0 saturated carbocycles. The fourth-order valence-electron chi connectivity index (χ4n) is 2.35. The zero-order valence-electron chi connectivity index (χ0n) is 13.2. The van der Waals surface area contributed by atoms with Crippen molar-refractivity contribution >= 4 is 15.6 Å². The first-order chi connectivity index (χ1) is 12.2. The Morgan fingerprint density at radius 3 is 1.96 bits per heavy atom. The third-order valence-electron chi connectivity index (χ3n) is 3.61. The number of Topliss-reactive ketones (excluding diaryl/α,β-unsaturated/α-hetero) is 1. The van der Waals surface area contributed by atoms with Gasteiger partial charge in [0.2, 0.25) is 5.78 Å². The van der Waals surface area contributed by atoms with Gasteiger partial charge in [0.1, 0.15) is 11.6 Å². The van der Waals surface area contributed by atoms with Gasteiger partial charge in [-0.25, -0.2) is 8.42 Å². The lowest BCUT2D eigenvalue weighted by Crippen LogP contribution is -2.36. The lowest BCUT2D eigenvalue weighted by Gasteiger charge is -2.19. The summed E-state index contributed by atoms with van der Waals surface area (Å²) in [4.78, 5) is 12.4. The van der Waals surface area contributed by atoms with Gasteiger partial charge in [-0.1, -0.05) is 0 Å². The van der Waals surface area contributed by atoms with Gasteiger partial charge >= 0.3 is 12.4 Å². The molecule has 5 nitrogen and oxygen atoms in total. The number of allylic oxidation sites excluding steroid dienone is 1. The van der Waals surface area contributed by atoms with Crippen LogP contribution in [0.25, 0.3) is 0 Å². The Balaban J connectivity index is 2.62. The van der Waals surface area contributed by atoms with Crippen molar-refractivity contribution in [3.05, 3.63) is 46.2 Å². The summed E-state index contributed by atoms with van der Waals surface area (Å²) >= 11 is 0. The molecule has 0 unspecified atom stereocenters. The fraction of sp³-hybridized carbons (Fsp3) is 0.333. The van der Waals surface area contributed by atoms with Crippen molar-refractivity contribution in [1.82, 2.24) is 5.32 Å². The average molecular weight is 412 g/mol. The van der Waals surface area contributed by atoms with E-state index in [1.165, 1.54) is 6.07 Å². The molecule has 0 aromatic heterocycles. The highest BCUT2D eigenvalue weighted by atomic mass is 32.2. The summed E-state index contributed by atoms with van der Waals surface area (Å²) in [6.45, 7) is -0.146. The predicted molar refractivity (Wildman–Crippen MR) is 80.1 cm³/mol. The van der Waals surface area contributed by atoms with Crippen LogP contribution in [0.2, 0.25) is 0 Å². The van der Waals surface area contributed by atoms with E-state index in [1.54, 1.807) is 0 Å². The van der Waals surface area contributed by atoms with Gasteiger partial charge in [-0.3, -0.25) is 4.79 Å². The van der Waals surface area contributed by atoms with E-state index in [-0.39, 0.29) is 36.2 Å². The zero-order valence-corrected chi connectivity index (χ0v) is 14.0. The summed E-state index contributed by atoms with van der Waals surface area (Å²) in [6.07, 6.45) is -10.3. The largest absolute Gasteiger partial charge is 0.416 e. The number of nitriles is 1. The number of hydrogen-bond acceptors (Lipinski definition) is 5. The molecule has 0 bridgehead atoms. The van der Waals surface area contributed by atoms with E-state index in [0.717, 1.165) is 0 Å². The Morgan fingerprint density at radius 1 is 1.04 bits per heavy atom. The minimum absolute atomic E-state index is 0.146. The van der Waals surface area contributed by atoms with E-state index in [9.17, 15) is 39.6 Å². The Bertz CT molecular complexity index is 923. The second-order valence-corrected chi connectivity index (χ2v) is 7.79. The number of carbonyl (C=O) groups excluding carboxylic acids is 1. The summed E-state index contributed by atoms with van der Waals surface area (Å²) in [5.41, 5.74) is -5.67. The van der Waals surface area contributed by atoms with Gasteiger partial charge in [0, 0.05) is 17.8 Å². The van der Waals surface area contributed by atoms with Crippen LogP contribution in [0.1, 0.15) is 21.5 Å². The molecule has 1 saturated heterocycles. The maximum Gasteiger partial charge on any atom is 0.416 e. The van der Waals surface area contributed by atoms with E-state index in [4.69, 9.17) is 5.26 Å². The molecule has 0 amide bonds. The number of carbonyl (C=O) groups is 1. The topological polar surface area (TPSA) is 87.0 Å². The number of nitrogens with one attached hydrogen (secondary N) is 1. The molecule has 1 aromatic rings. The Morgan fingerprint density at radius 2 is 1.56 bits per heavy atom. The number of nitrogens with zero attached hydrogens (tertiary/aromatic N) is 1. The first kappa shape index (κ1) is 20.8. The number of rotatable bonds is 2. The minimum atomic E-state index is -5.16. The maximum absolute atomic E-state index is 12.9. The number of sulfone groups is 1. The van der Waals surface area contributed by atoms with Crippen LogP contribution in [0.15, 0.2) is 29.5 Å². The van der Waals surface area contributed by atoms with E-state index >= 15 is 0 Å². The van der Waals surface area contributed by atoms with Gasteiger partial charge in [0.05, 0.1) is 22.6 Å². The van der Waals surface area contributed by atoms with Crippen LogP contribution in [0.5, 0.6) is 0 Å². The first-order valence-corrected chi connectivity index (χ1v) is 8.98. The molecule has 1 aliphatic rings. The van der Waals surface area contributed by atoms with Gasteiger partial charge < -0.3 is 5.32 Å². The van der Waals surface area contributed by atoms with Crippen molar-refractivity contribution < 1.29 is 39.6 Å². The van der Waals surface area contributed by atoms with Crippen LogP contribution in [-0.4, -0.2) is 32.3 Å². The second kappa shape index (κ2) is 6.88. The van der Waals surface area contributed by atoms with Crippen LogP contribution >= 0.6 is 0 Å². The number of hydrogen-bond donors (Lipinski definition) is 1. The van der Waals surface area contributed by atoms with Crippen molar-refractivity contribution in [2.75, 3.05) is 18.1 Å². The fourth-order valence-corrected chi connectivity index (χ4v) is 3.59. The van der Waals surface area contributed by atoms with Crippen LogP contribution in [0.3, 0.4) is 0 Å². The van der Waals surface area contributed by atoms with Crippen molar-refractivity contribution in [3.8, 4) is 6.07 Å². The van der Waals surface area contributed by atoms with Crippen LogP contribution in [-0.2, 0) is 22.2 Å². The molecule has 0 atom stereocenters. The highest BCUT2D eigenvalue weighted by Gasteiger charge is 2.38. The van der Waals surface area contributed by atoms with Crippen LogP contribution < -0.4 is 5.32 Å². The van der Waals surface area contributed by atoms with E-state index < -0.39 is 56.0 Å². The van der Waals surface area contributed by atoms with Crippen LogP contribution in [0, 0.1) is 11.3 Å². The van der Waals surface area contributed by atoms with Crippen LogP contribution in [0.4, 0.5) is 26.3 Å². The zero-order chi connectivity index (χ0) is 20.6. The van der Waals surface area contributed by atoms with E-state index in [0.29, 0.717) is 0 Å². The summed E-state index contributed by atoms with van der Waals surface area (Å²) in [7, 11) is -3.65. The highest BCUT2D eigenvalue weighted by molar-refractivity contribution is 7.91. The molecule has 1 fully saturated rings. The summed E-state index contributed by atoms with van der Waals surface area (Å²) in [6, 6.07) is 1.59. The summed E-state index contributed by atoms with van der Waals surface area (Å²) in [5, 5.41) is 11.6. The lowest BCUT2D eigenvalue weighted by molar-refractivity contribution is -0.143. The van der Waals surface area contributed by atoms with Gasteiger partial charge in [0.15, 0.2) is 9.84 Å². The molecule has 146 valence electrons. The summed E-state index contributed by atoms with van der Waals surface area (Å²) in [5.74, 6) is -2.47. The SMILES string of the molecule is N#C/C(C(=O)c1cc(C(F)(F)F)cc(C(F)(F)F)c1)=C1/CS(=O)(=O)CCN1. The van der Waals surface area contributed by atoms with Gasteiger partial charge in [-0.15, -0.1) is 0 Å². The first-order valence-electron chi connectivity index (χ1n) is 7.16. The third kappa shape index (κ3) is 4.79. The monoisotopic (exact) mass is 412 g/mol. The molecule has 1 N–H and O–H groups in total. The number of alkyl halides is 6. The molecular formula is C15H10F6N2O3S. The minimum Gasteiger partial charge on any atom is -0.385 e. The van der Waals surface area contributed by atoms with E-state index in [2.05, 4.69) is 5.32 Å². The normalized spacial score (nSPS) is 19.0. The number of benzene rings is 1. The smallest absolute Gasteiger partial charge is 0.385 e. The molecule has 1 heterocycles. The quantitative estimate of drug-likeness (QED) is 0.349. The molecule has 2 rings (SSSR count). The third-order valence-corrected chi connectivity index (χ3v) is 5.16. The summed E-state index contributed by atoms with van der Waals surface area (Å²) < 4.78 is 101. The highest BCUT2D eigenvalue weighted by Crippen LogP contribution is 2.36. The second-order valence-electron chi connectivity index (χ2n) is 5.61. The number of ketones is 1. The Hall–Kier alpha value is -2.55. The standard InChI is InChI=1S/C15H10F6N2O3S/c16-14(17,18)9-3-8(4-10(5-9)15(19,20)21)13(24)11(6-22)12-7-27(25,26)2-1-23-12/h3-5,23H,1-2,7H2/b12-11+. The molecule has 0 spiro atoms. The maximum atomic E-state index is 12.9. The average Bonchev–Trinajstić information content (AvgIpc) is 2.52. The lowest BCUT2D eigenvalue weighted by atomic mass is 9.97. The van der Waals surface area contributed by atoms with Crippen molar-refractivity contribution in [2.45, 2.75) is 12.4 Å². The van der Waals surface area contributed by atoms with Gasteiger partial charge in [0.25, 0.3) is 0 Å². The Kier molecular flexibility index (Phi) is 5.29. The predicted octanol–water partition coefficient (Wildman–Crippen LogP) is 2.70. The molecule has 0 aliphatic carbocycles. The molecule has 12 heteroatoms. The molecule has 0 radical (unpaired) electrons. The van der Waals surface area contributed by atoms with Gasteiger partial charge in [-0.05, 0) is 18.2 Å². The van der Waals surface area contributed by atoms with Crippen molar-refractivity contribution in [3.63, 3.8) is 0 Å². The van der Waals surface area contributed by atoms with Crippen molar-refractivity contribution in [2.24, 2.45) is 0 Å².